The number of hydrogen-bond donors (Lipinski definition) is 1. The molecule has 0 amide bonds. The number of rotatable bonds is 4. The summed E-state index contributed by atoms with van der Waals surface area (Å²) in [6.07, 6.45) is 2.89. The van der Waals surface area contributed by atoms with Crippen LogP contribution < -0.4 is 0 Å². The van der Waals surface area contributed by atoms with E-state index in [0.29, 0.717) is 0 Å². The summed E-state index contributed by atoms with van der Waals surface area (Å²) >= 11 is 0. The first kappa shape index (κ1) is 10.7. The van der Waals surface area contributed by atoms with Crippen molar-refractivity contribution >= 4 is 0 Å². The van der Waals surface area contributed by atoms with E-state index in [4.69, 9.17) is 4.74 Å². The van der Waals surface area contributed by atoms with Crippen LogP contribution in [0.2, 0.25) is 0 Å². The van der Waals surface area contributed by atoms with Crippen molar-refractivity contribution < 1.29 is 9.84 Å². The van der Waals surface area contributed by atoms with Gasteiger partial charge in [0.1, 0.15) is 0 Å². The Morgan fingerprint density at radius 2 is 2.20 bits per heavy atom. The molecule has 1 aliphatic carbocycles. The molecule has 0 radical (unpaired) electrons. The molecule has 0 spiro atoms. The van der Waals surface area contributed by atoms with Crippen molar-refractivity contribution in [2.75, 3.05) is 7.11 Å². The molecule has 0 heterocycles. The molecule has 1 aromatic carbocycles. The van der Waals surface area contributed by atoms with Crippen molar-refractivity contribution in [1.82, 2.24) is 0 Å². The van der Waals surface area contributed by atoms with Crippen LogP contribution in [0.15, 0.2) is 24.3 Å². The molecule has 0 saturated heterocycles. The van der Waals surface area contributed by atoms with E-state index in [9.17, 15) is 5.11 Å². The molecule has 82 valence electrons. The number of hydrogen-bond acceptors (Lipinski definition) is 2. The van der Waals surface area contributed by atoms with Gasteiger partial charge in [0.15, 0.2) is 0 Å². The van der Waals surface area contributed by atoms with Crippen LogP contribution in [0.25, 0.3) is 0 Å². The summed E-state index contributed by atoms with van der Waals surface area (Å²) < 4.78 is 5.49. The quantitative estimate of drug-likeness (QED) is 0.820. The molecule has 1 N–H and O–H groups in total. The molecule has 1 atom stereocenters. The monoisotopic (exact) mass is 206 g/mol. The molecule has 0 bridgehead atoms. The maximum atomic E-state index is 9.49. The highest BCUT2D eigenvalue weighted by atomic mass is 16.5. The molecule has 2 rings (SSSR count). The largest absolute Gasteiger partial charge is 0.389 e. The highest BCUT2D eigenvalue weighted by Crippen LogP contribution is 2.41. The van der Waals surface area contributed by atoms with Crippen LogP contribution in [0.1, 0.15) is 37.0 Å². The molecule has 2 nitrogen and oxygen atoms in total. The summed E-state index contributed by atoms with van der Waals surface area (Å²) in [6.45, 7) is 1.79. The first-order valence-corrected chi connectivity index (χ1v) is 5.47. The van der Waals surface area contributed by atoms with Gasteiger partial charge in [0.25, 0.3) is 0 Å². The van der Waals surface area contributed by atoms with Gasteiger partial charge in [-0.15, -0.1) is 0 Å². The molecule has 0 aromatic heterocycles. The van der Waals surface area contributed by atoms with Gasteiger partial charge in [0.05, 0.1) is 11.7 Å². The molecule has 1 aliphatic rings. The van der Waals surface area contributed by atoms with Crippen molar-refractivity contribution in [3.63, 3.8) is 0 Å². The molecule has 1 unspecified atom stereocenters. The van der Waals surface area contributed by atoms with Crippen molar-refractivity contribution in [3.8, 4) is 0 Å². The zero-order valence-electron chi connectivity index (χ0n) is 9.36. The van der Waals surface area contributed by atoms with E-state index in [-0.39, 0.29) is 11.7 Å². The van der Waals surface area contributed by atoms with Gasteiger partial charge in [-0.25, -0.2) is 0 Å². The zero-order valence-corrected chi connectivity index (χ0v) is 9.36. The third kappa shape index (κ3) is 2.39. The molecule has 0 aliphatic heterocycles. The van der Waals surface area contributed by atoms with Crippen LogP contribution in [-0.2, 0) is 11.2 Å². The minimum absolute atomic E-state index is 0.0946. The summed E-state index contributed by atoms with van der Waals surface area (Å²) in [4.78, 5) is 0. The van der Waals surface area contributed by atoms with Gasteiger partial charge < -0.3 is 9.84 Å². The van der Waals surface area contributed by atoms with Crippen molar-refractivity contribution in [2.45, 2.75) is 37.9 Å². The lowest BCUT2D eigenvalue weighted by Gasteiger charge is -2.14. The average molecular weight is 206 g/mol. The van der Waals surface area contributed by atoms with Crippen LogP contribution >= 0.6 is 0 Å². The lowest BCUT2D eigenvalue weighted by molar-refractivity contribution is 0.0807. The van der Waals surface area contributed by atoms with E-state index in [1.54, 1.807) is 14.0 Å². The molecular formula is C13H18O2. The topological polar surface area (TPSA) is 29.5 Å². The first-order valence-electron chi connectivity index (χ1n) is 5.47. The predicted molar refractivity (Wildman–Crippen MR) is 59.8 cm³/mol. The smallest absolute Gasteiger partial charge is 0.0762 e. The Hall–Kier alpha value is -0.860. The normalized spacial score (nSPS) is 19.9. The van der Waals surface area contributed by atoms with Crippen molar-refractivity contribution in [2.24, 2.45) is 0 Å². The number of ether oxygens (including phenoxy) is 1. The molecule has 1 aromatic rings. The summed E-state index contributed by atoms with van der Waals surface area (Å²) in [7, 11) is 1.78. The minimum Gasteiger partial charge on any atom is -0.389 e. The van der Waals surface area contributed by atoms with E-state index < -0.39 is 0 Å². The van der Waals surface area contributed by atoms with Crippen molar-refractivity contribution in [3.05, 3.63) is 35.4 Å². The minimum atomic E-state index is -0.386. The van der Waals surface area contributed by atoms with E-state index in [2.05, 4.69) is 12.1 Å². The predicted octanol–water partition coefficient (Wildman–Crippen LogP) is 2.46. The molecule has 1 saturated carbocycles. The fraction of sp³-hybridized carbons (Fsp3) is 0.538. The van der Waals surface area contributed by atoms with Crippen molar-refractivity contribution in [1.29, 1.82) is 0 Å². The molecular weight excluding hydrogens is 188 g/mol. The van der Waals surface area contributed by atoms with E-state index in [1.807, 2.05) is 12.1 Å². The number of aliphatic hydroxyl groups excluding tert-OH is 1. The summed E-state index contributed by atoms with van der Waals surface area (Å²) in [6, 6.07) is 8.14. The Balaban J connectivity index is 2.11. The Labute approximate surface area is 90.9 Å². The zero-order chi connectivity index (χ0) is 10.9. The van der Waals surface area contributed by atoms with Crippen LogP contribution in [0.4, 0.5) is 0 Å². The highest BCUT2D eigenvalue weighted by molar-refractivity contribution is 5.27. The fourth-order valence-corrected chi connectivity index (χ4v) is 1.93. The van der Waals surface area contributed by atoms with Gasteiger partial charge in [-0.05, 0) is 30.9 Å². The maximum Gasteiger partial charge on any atom is 0.0762 e. The summed E-state index contributed by atoms with van der Waals surface area (Å²) in [5.41, 5.74) is 2.34. The fourth-order valence-electron chi connectivity index (χ4n) is 1.93. The Morgan fingerprint density at radius 3 is 2.73 bits per heavy atom. The summed E-state index contributed by atoms with van der Waals surface area (Å²) in [5.74, 6) is 0. The van der Waals surface area contributed by atoms with Crippen LogP contribution in [0, 0.1) is 0 Å². The maximum absolute atomic E-state index is 9.49. The first-order chi connectivity index (χ1) is 7.15. The van der Waals surface area contributed by atoms with Crippen LogP contribution in [-0.4, -0.2) is 17.8 Å². The van der Waals surface area contributed by atoms with Gasteiger partial charge in [-0.1, -0.05) is 24.3 Å². The van der Waals surface area contributed by atoms with Crippen LogP contribution in [0.5, 0.6) is 0 Å². The van der Waals surface area contributed by atoms with Gasteiger partial charge in [0.2, 0.25) is 0 Å². The second-order valence-electron chi connectivity index (χ2n) is 4.48. The summed E-state index contributed by atoms with van der Waals surface area (Å²) in [5, 5.41) is 9.49. The van der Waals surface area contributed by atoms with Crippen LogP contribution in [0.3, 0.4) is 0 Å². The third-order valence-corrected chi connectivity index (χ3v) is 3.20. The average Bonchev–Trinajstić information content (AvgIpc) is 2.99. The number of methoxy groups -OCH3 is 1. The Kier molecular flexibility index (Phi) is 2.81. The second kappa shape index (κ2) is 3.95. The van der Waals surface area contributed by atoms with Gasteiger partial charge in [-0.3, -0.25) is 0 Å². The van der Waals surface area contributed by atoms with E-state index >= 15 is 0 Å². The number of benzene rings is 1. The lowest BCUT2D eigenvalue weighted by Crippen LogP contribution is -2.15. The van der Waals surface area contributed by atoms with Gasteiger partial charge in [-0.2, -0.15) is 0 Å². The van der Waals surface area contributed by atoms with Gasteiger partial charge >= 0.3 is 0 Å². The second-order valence-corrected chi connectivity index (χ2v) is 4.48. The van der Waals surface area contributed by atoms with Gasteiger partial charge in [0, 0.05) is 13.5 Å². The number of aliphatic hydroxyl groups is 1. The Morgan fingerprint density at radius 1 is 1.47 bits per heavy atom. The van der Waals surface area contributed by atoms with E-state index in [0.717, 1.165) is 24.8 Å². The van der Waals surface area contributed by atoms with E-state index in [1.165, 1.54) is 5.56 Å². The molecule has 15 heavy (non-hydrogen) atoms. The Bertz CT molecular complexity index is 340. The standard InChI is InChI=1S/C13H18O2/c1-10(14)12-5-3-4-11(8-12)9-13(15-2)6-7-13/h3-5,8,10,14H,6-7,9H2,1-2H3. The lowest BCUT2D eigenvalue weighted by atomic mass is 10.0. The third-order valence-electron chi connectivity index (χ3n) is 3.20. The highest BCUT2D eigenvalue weighted by Gasteiger charge is 2.42. The SMILES string of the molecule is COC1(Cc2cccc(C(C)O)c2)CC1. The molecule has 2 heteroatoms. The molecule has 1 fully saturated rings.